The van der Waals surface area contributed by atoms with Gasteiger partial charge in [-0.2, -0.15) is 0 Å². The number of hydrogen-bond acceptors (Lipinski definition) is 3. The molecule has 68 valence electrons. The van der Waals surface area contributed by atoms with Gasteiger partial charge < -0.3 is 9.64 Å². The summed E-state index contributed by atoms with van der Waals surface area (Å²) in [6.07, 6.45) is 1.72. The molecule has 0 aromatic heterocycles. The number of carbonyl (C=O) groups excluding carboxylic acids is 1. The molecule has 0 bridgehead atoms. The highest BCUT2D eigenvalue weighted by atomic mass is 32.1. The van der Waals surface area contributed by atoms with Crippen molar-refractivity contribution in [3.05, 3.63) is 0 Å². The van der Waals surface area contributed by atoms with Gasteiger partial charge in [0.2, 0.25) is 0 Å². The number of esters is 1. The van der Waals surface area contributed by atoms with Gasteiger partial charge >= 0.3 is 5.97 Å². The molecule has 0 amide bonds. The molecule has 1 fully saturated rings. The van der Waals surface area contributed by atoms with Crippen molar-refractivity contribution in [3.63, 3.8) is 0 Å². The first-order valence-electron chi connectivity index (χ1n) is 4.05. The Morgan fingerprint density at radius 2 is 2.17 bits per heavy atom. The van der Waals surface area contributed by atoms with Crippen molar-refractivity contribution in [1.82, 2.24) is 4.90 Å². The summed E-state index contributed by atoms with van der Waals surface area (Å²) in [5.41, 5.74) is 1.66. The molecule has 1 aliphatic rings. The summed E-state index contributed by atoms with van der Waals surface area (Å²) in [4.78, 5) is 13.1. The van der Waals surface area contributed by atoms with Gasteiger partial charge in [-0.15, -0.1) is 0 Å². The van der Waals surface area contributed by atoms with Crippen LogP contribution in [0.2, 0.25) is 0 Å². The number of likely N-dealkylation sites (tertiary alicyclic amines) is 1. The van der Waals surface area contributed by atoms with Gasteiger partial charge in [0, 0.05) is 13.1 Å². The number of methoxy groups -OCH3 is 1. The summed E-state index contributed by atoms with van der Waals surface area (Å²) in [6, 6.07) is 0. The van der Waals surface area contributed by atoms with Gasteiger partial charge in [0.05, 0.1) is 18.5 Å². The first-order chi connectivity index (χ1) is 5.77. The summed E-state index contributed by atoms with van der Waals surface area (Å²) >= 11 is 4.79. The maximum Gasteiger partial charge on any atom is 0.308 e. The highest BCUT2D eigenvalue weighted by molar-refractivity contribution is 7.78. The molecule has 0 saturated carbocycles. The zero-order valence-electron chi connectivity index (χ0n) is 7.16. The van der Waals surface area contributed by atoms with Crippen LogP contribution < -0.4 is 0 Å². The summed E-state index contributed by atoms with van der Waals surface area (Å²) in [5, 5.41) is 0. The van der Waals surface area contributed by atoms with Crippen LogP contribution in [0.5, 0.6) is 0 Å². The smallest absolute Gasteiger partial charge is 0.308 e. The van der Waals surface area contributed by atoms with Gasteiger partial charge in [0.25, 0.3) is 0 Å². The maximum atomic E-state index is 11.1. The van der Waals surface area contributed by atoms with E-state index >= 15 is 0 Å². The summed E-state index contributed by atoms with van der Waals surface area (Å²) < 4.78 is 4.66. The number of piperidine rings is 1. The molecule has 4 heteroatoms. The fourth-order valence-electron chi connectivity index (χ4n) is 1.41. The number of thiocarbonyl (C=S) groups is 1. The van der Waals surface area contributed by atoms with E-state index in [0.717, 1.165) is 25.9 Å². The Balaban J connectivity index is 2.35. The van der Waals surface area contributed by atoms with Crippen molar-refractivity contribution in [2.45, 2.75) is 12.8 Å². The second-order valence-corrected chi connectivity index (χ2v) is 3.15. The van der Waals surface area contributed by atoms with Crippen molar-refractivity contribution >= 4 is 23.7 Å². The van der Waals surface area contributed by atoms with Crippen LogP contribution in [0.4, 0.5) is 0 Å². The van der Waals surface area contributed by atoms with E-state index in [-0.39, 0.29) is 11.9 Å². The van der Waals surface area contributed by atoms with Crippen LogP contribution >= 0.6 is 12.2 Å². The summed E-state index contributed by atoms with van der Waals surface area (Å²) in [6.45, 7) is 1.76. The third kappa shape index (κ3) is 2.17. The highest BCUT2D eigenvalue weighted by Gasteiger charge is 2.23. The molecule has 0 radical (unpaired) electrons. The van der Waals surface area contributed by atoms with Crippen LogP contribution in [-0.4, -0.2) is 36.6 Å². The highest BCUT2D eigenvalue weighted by Crippen LogP contribution is 2.17. The third-order valence-electron chi connectivity index (χ3n) is 2.21. The van der Waals surface area contributed by atoms with Crippen LogP contribution in [-0.2, 0) is 9.53 Å². The number of rotatable bonds is 2. The Bertz CT molecular complexity index is 176. The lowest BCUT2D eigenvalue weighted by atomic mass is 9.98. The second-order valence-electron chi connectivity index (χ2n) is 2.94. The van der Waals surface area contributed by atoms with E-state index in [0.29, 0.717) is 0 Å². The standard InChI is InChI=1S/C8H13NO2S/c1-11-8(10)7-2-4-9(6-12)5-3-7/h6-7H,2-5H2,1H3. The quantitative estimate of drug-likeness (QED) is 0.473. The maximum absolute atomic E-state index is 11.1. The number of hydrogen-bond donors (Lipinski definition) is 0. The molecule has 0 N–H and O–H groups in total. The molecule has 0 atom stereocenters. The number of nitrogens with zero attached hydrogens (tertiary/aromatic N) is 1. The van der Waals surface area contributed by atoms with Crippen LogP contribution in [0, 0.1) is 5.92 Å². The predicted molar refractivity (Wildman–Crippen MR) is 50.0 cm³/mol. The molecule has 0 unspecified atom stereocenters. The molecule has 0 aliphatic carbocycles. The zero-order valence-corrected chi connectivity index (χ0v) is 7.97. The van der Waals surface area contributed by atoms with E-state index < -0.39 is 0 Å². The predicted octanol–water partition coefficient (Wildman–Crippen LogP) is 0.829. The lowest BCUT2D eigenvalue weighted by molar-refractivity contribution is -0.146. The Kier molecular flexibility index (Phi) is 3.47. The SMILES string of the molecule is COC(=O)C1CCN(C=S)CC1. The van der Waals surface area contributed by atoms with E-state index in [1.165, 1.54) is 7.11 Å². The average Bonchev–Trinajstić information content (AvgIpc) is 2.17. The van der Waals surface area contributed by atoms with Crippen LogP contribution in [0.15, 0.2) is 0 Å². The molecule has 0 aromatic rings. The van der Waals surface area contributed by atoms with Crippen LogP contribution in [0.25, 0.3) is 0 Å². The fourth-order valence-corrected chi connectivity index (χ4v) is 1.62. The Hall–Kier alpha value is -0.640. The molecule has 1 aliphatic heterocycles. The van der Waals surface area contributed by atoms with Crippen molar-refractivity contribution in [3.8, 4) is 0 Å². The largest absolute Gasteiger partial charge is 0.469 e. The van der Waals surface area contributed by atoms with Gasteiger partial charge in [0.1, 0.15) is 0 Å². The van der Waals surface area contributed by atoms with Gasteiger partial charge in [-0.05, 0) is 12.8 Å². The first-order valence-corrected chi connectivity index (χ1v) is 4.52. The number of carbonyl (C=O) groups is 1. The van der Waals surface area contributed by atoms with Gasteiger partial charge in [-0.1, -0.05) is 12.2 Å². The van der Waals surface area contributed by atoms with E-state index in [1.54, 1.807) is 5.49 Å². The molecule has 1 rings (SSSR count). The normalized spacial score (nSPS) is 18.9. The lowest BCUT2D eigenvalue weighted by Gasteiger charge is -2.28. The van der Waals surface area contributed by atoms with E-state index in [1.807, 2.05) is 0 Å². The Labute approximate surface area is 77.7 Å². The summed E-state index contributed by atoms with van der Waals surface area (Å²) in [7, 11) is 1.44. The minimum Gasteiger partial charge on any atom is -0.469 e. The molecule has 3 nitrogen and oxygen atoms in total. The second kappa shape index (κ2) is 4.40. The van der Waals surface area contributed by atoms with Gasteiger partial charge in [0.15, 0.2) is 0 Å². The van der Waals surface area contributed by atoms with Crippen molar-refractivity contribution < 1.29 is 9.53 Å². The minimum absolute atomic E-state index is 0.0842. The van der Waals surface area contributed by atoms with Crippen LogP contribution in [0.3, 0.4) is 0 Å². The monoisotopic (exact) mass is 187 g/mol. The molecular weight excluding hydrogens is 174 g/mol. The third-order valence-corrected chi connectivity index (χ3v) is 2.51. The topological polar surface area (TPSA) is 29.5 Å². The molecule has 0 spiro atoms. The molecule has 1 saturated heterocycles. The Morgan fingerprint density at radius 1 is 1.58 bits per heavy atom. The number of ether oxygens (including phenoxy) is 1. The molecule has 0 aromatic carbocycles. The fraction of sp³-hybridized carbons (Fsp3) is 0.750. The van der Waals surface area contributed by atoms with Crippen molar-refractivity contribution in [1.29, 1.82) is 0 Å². The first kappa shape index (κ1) is 9.45. The minimum atomic E-state index is -0.0842. The summed E-state index contributed by atoms with van der Waals surface area (Å²) in [5.74, 6) is 0.000202. The molecular formula is C8H13NO2S. The van der Waals surface area contributed by atoms with Gasteiger partial charge in [-0.3, -0.25) is 4.79 Å². The van der Waals surface area contributed by atoms with E-state index in [2.05, 4.69) is 9.64 Å². The molecule has 1 heterocycles. The average molecular weight is 187 g/mol. The van der Waals surface area contributed by atoms with Gasteiger partial charge in [-0.25, -0.2) is 0 Å². The van der Waals surface area contributed by atoms with Crippen molar-refractivity contribution in [2.24, 2.45) is 5.92 Å². The van der Waals surface area contributed by atoms with E-state index in [4.69, 9.17) is 12.2 Å². The Morgan fingerprint density at radius 3 is 2.58 bits per heavy atom. The molecule has 12 heavy (non-hydrogen) atoms. The van der Waals surface area contributed by atoms with Crippen LogP contribution in [0.1, 0.15) is 12.8 Å². The van der Waals surface area contributed by atoms with Crippen molar-refractivity contribution in [2.75, 3.05) is 20.2 Å². The van der Waals surface area contributed by atoms with E-state index in [9.17, 15) is 4.79 Å². The lowest BCUT2D eigenvalue weighted by Crippen LogP contribution is -2.35. The zero-order chi connectivity index (χ0) is 8.97.